The van der Waals surface area contributed by atoms with Gasteiger partial charge in [0, 0.05) is 13.1 Å². The normalized spacial score (nSPS) is 18.7. The molecule has 1 aliphatic rings. The van der Waals surface area contributed by atoms with Crippen LogP contribution >= 0.6 is 0 Å². The average Bonchev–Trinajstić information content (AvgIpc) is 2.52. The number of nitrogens with zero attached hydrogens (tertiary/aromatic N) is 1. The molecule has 1 N–H and O–H groups in total. The van der Waals surface area contributed by atoms with Gasteiger partial charge < -0.3 is 15.0 Å². The first-order valence-corrected chi connectivity index (χ1v) is 8.71. The number of likely N-dealkylation sites (tertiary alicyclic amines) is 1. The Morgan fingerprint density at radius 1 is 1.43 bits per heavy atom. The molecule has 0 unspecified atom stereocenters. The minimum atomic E-state index is 0.0987. The van der Waals surface area contributed by atoms with E-state index >= 15 is 0 Å². The van der Waals surface area contributed by atoms with Gasteiger partial charge in [0.25, 0.3) is 0 Å². The van der Waals surface area contributed by atoms with Crippen LogP contribution in [0.1, 0.15) is 37.3 Å². The quantitative estimate of drug-likeness (QED) is 0.786. The molecule has 2 rings (SSSR count). The SMILES string of the molecule is COc1ccc(CC(=O)NCCCN2CCC[C@@H](C)C2)cc1C. The maximum absolute atomic E-state index is 12.0. The Balaban J connectivity index is 1.66. The monoisotopic (exact) mass is 318 g/mol. The number of piperidine rings is 1. The standard InChI is InChI=1S/C19H30N2O2/c1-15-6-4-10-21(14-15)11-5-9-20-19(22)13-17-7-8-18(23-3)16(2)12-17/h7-8,12,15H,4-6,9-11,13-14H2,1-3H3,(H,20,22)/t15-/m1/s1. The van der Waals surface area contributed by atoms with Crippen LogP contribution in [-0.4, -0.2) is 44.1 Å². The van der Waals surface area contributed by atoms with Gasteiger partial charge in [0.05, 0.1) is 13.5 Å². The van der Waals surface area contributed by atoms with Crippen molar-refractivity contribution < 1.29 is 9.53 Å². The lowest BCUT2D eigenvalue weighted by molar-refractivity contribution is -0.120. The third-order valence-electron chi connectivity index (χ3n) is 4.54. The van der Waals surface area contributed by atoms with Gasteiger partial charge in [0.15, 0.2) is 0 Å². The molecule has 23 heavy (non-hydrogen) atoms. The second-order valence-electron chi connectivity index (χ2n) is 6.73. The van der Waals surface area contributed by atoms with Crippen molar-refractivity contribution in [3.05, 3.63) is 29.3 Å². The van der Waals surface area contributed by atoms with E-state index in [1.807, 2.05) is 25.1 Å². The number of carbonyl (C=O) groups is 1. The Kier molecular flexibility index (Phi) is 6.90. The number of methoxy groups -OCH3 is 1. The molecule has 4 heteroatoms. The van der Waals surface area contributed by atoms with Crippen LogP contribution in [0.25, 0.3) is 0 Å². The summed E-state index contributed by atoms with van der Waals surface area (Å²) in [6.07, 6.45) is 4.13. The fourth-order valence-electron chi connectivity index (χ4n) is 3.32. The van der Waals surface area contributed by atoms with Crippen molar-refractivity contribution in [2.75, 3.05) is 33.3 Å². The van der Waals surface area contributed by atoms with Crippen LogP contribution in [0.15, 0.2) is 18.2 Å². The van der Waals surface area contributed by atoms with Crippen molar-refractivity contribution in [2.45, 2.75) is 39.5 Å². The predicted molar refractivity (Wildman–Crippen MR) is 93.9 cm³/mol. The Hall–Kier alpha value is -1.55. The number of hydrogen-bond acceptors (Lipinski definition) is 3. The van der Waals surface area contributed by atoms with Crippen molar-refractivity contribution in [1.82, 2.24) is 10.2 Å². The van der Waals surface area contributed by atoms with Gasteiger partial charge in [0.1, 0.15) is 5.75 Å². The Bertz CT molecular complexity index is 516. The van der Waals surface area contributed by atoms with E-state index in [9.17, 15) is 4.79 Å². The fourth-order valence-corrected chi connectivity index (χ4v) is 3.32. The lowest BCUT2D eigenvalue weighted by Crippen LogP contribution is -2.36. The van der Waals surface area contributed by atoms with Crippen molar-refractivity contribution in [1.29, 1.82) is 0 Å². The van der Waals surface area contributed by atoms with Crippen molar-refractivity contribution in [3.63, 3.8) is 0 Å². The Morgan fingerprint density at radius 3 is 2.96 bits per heavy atom. The zero-order valence-corrected chi connectivity index (χ0v) is 14.7. The molecule has 1 saturated heterocycles. The summed E-state index contributed by atoms with van der Waals surface area (Å²) in [6, 6.07) is 5.91. The first-order valence-electron chi connectivity index (χ1n) is 8.71. The van der Waals surface area contributed by atoms with Gasteiger partial charge in [0.2, 0.25) is 5.91 Å². The van der Waals surface area contributed by atoms with Gasteiger partial charge in [-0.05, 0) is 62.4 Å². The molecule has 0 bridgehead atoms. The predicted octanol–water partition coefficient (Wildman–Crippen LogP) is 2.78. The van der Waals surface area contributed by atoms with Crippen LogP contribution in [0.2, 0.25) is 0 Å². The van der Waals surface area contributed by atoms with Crippen molar-refractivity contribution in [3.8, 4) is 5.75 Å². The van der Waals surface area contributed by atoms with E-state index in [1.165, 1.54) is 25.9 Å². The summed E-state index contributed by atoms with van der Waals surface area (Å²) in [5.74, 6) is 1.78. The number of benzene rings is 1. The maximum Gasteiger partial charge on any atom is 0.224 e. The molecule has 0 aliphatic carbocycles. The third-order valence-corrected chi connectivity index (χ3v) is 4.54. The van der Waals surface area contributed by atoms with E-state index in [0.717, 1.165) is 42.3 Å². The molecule has 128 valence electrons. The van der Waals surface area contributed by atoms with Crippen LogP contribution in [0.5, 0.6) is 5.75 Å². The maximum atomic E-state index is 12.0. The highest BCUT2D eigenvalue weighted by Gasteiger charge is 2.15. The van der Waals surface area contributed by atoms with E-state index in [-0.39, 0.29) is 5.91 Å². The Labute approximate surface area is 140 Å². The lowest BCUT2D eigenvalue weighted by atomic mass is 10.0. The van der Waals surface area contributed by atoms with Gasteiger partial charge >= 0.3 is 0 Å². The molecule has 0 spiro atoms. The minimum Gasteiger partial charge on any atom is -0.496 e. The number of ether oxygens (including phenoxy) is 1. The van der Waals surface area contributed by atoms with E-state index in [4.69, 9.17) is 4.74 Å². The van der Waals surface area contributed by atoms with Crippen molar-refractivity contribution >= 4 is 5.91 Å². The smallest absolute Gasteiger partial charge is 0.224 e. The molecule has 0 saturated carbocycles. The molecule has 0 radical (unpaired) electrons. The molecule has 1 amide bonds. The average molecular weight is 318 g/mol. The van der Waals surface area contributed by atoms with Gasteiger partial charge in [-0.15, -0.1) is 0 Å². The summed E-state index contributed by atoms with van der Waals surface area (Å²) in [5, 5.41) is 3.03. The first-order chi connectivity index (χ1) is 11.1. The number of rotatable bonds is 7. The summed E-state index contributed by atoms with van der Waals surface area (Å²) < 4.78 is 5.24. The van der Waals surface area contributed by atoms with Gasteiger partial charge in [-0.3, -0.25) is 4.79 Å². The van der Waals surface area contributed by atoms with Gasteiger partial charge in [-0.2, -0.15) is 0 Å². The molecule has 1 aromatic carbocycles. The molecule has 1 fully saturated rings. The second-order valence-corrected chi connectivity index (χ2v) is 6.73. The number of amides is 1. The van der Waals surface area contributed by atoms with Gasteiger partial charge in [-0.25, -0.2) is 0 Å². The molecule has 1 aromatic rings. The van der Waals surface area contributed by atoms with E-state index in [1.54, 1.807) is 7.11 Å². The molecule has 1 heterocycles. The highest BCUT2D eigenvalue weighted by atomic mass is 16.5. The third kappa shape index (κ3) is 5.87. The molecular formula is C19H30N2O2. The number of carbonyl (C=O) groups excluding carboxylic acids is 1. The molecular weight excluding hydrogens is 288 g/mol. The first kappa shape index (κ1) is 17.8. The molecule has 1 atom stereocenters. The number of aryl methyl sites for hydroxylation is 1. The topological polar surface area (TPSA) is 41.6 Å². The zero-order chi connectivity index (χ0) is 16.7. The summed E-state index contributed by atoms with van der Waals surface area (Å²) in [5.41, 5.74) is 2.10. The molecule has 1 aliphatic heterocycles. The molecule has 0 aromatic heterocycles. The number of hydrogen-bond donors (Lipinski definition) is 1. The summed E-state index contributed by atoms with van der Waals surface area (Å²) >= 11 is 0. The lowest BCUT2D eigenvalue weighted by Gasteiger charge is -2.30. The van der Waals surface area contributed by atoms with Crippen LogP contribution in [0.4, 0.5) is 0 Å². The van der Waals surface area contributed by atoms with E-state index in [2.05, 4.69) is 17.1 Å². The van der Waals surface area contributed by atoms with Crippen LogP contribution in [-0.2, 0) is 11.2 Å². The van der Waals surface area contributed by atoms with E-state index < -0.39 is 0 Å². The van der Waals surface area contributed by atoms with E-state index in [0.29, 0.717) is 6.42 Å². The highest BCUT2D eigenvalue weighted by Crippen LogP contribution is 2.18. The Morgan fingerprint density at radius 2 is 2.26 bits per heavy atom. The van der Waals surface area contributed by atoms with Crippen LogP contribution in [0, 0.1) is 12.8 Å². The minimum absolute atomic E-state index is 0.0987. The zero-order valence-electron chi connectivity index (χ0n) is 14.7. The van der Waals surface area contributed by atoms with Crippen LogP contribution in [0.3, 0.4) is 0 Å². The second kappa shape index (κ2) is 8.92. The van der Waals surface area contributed by atoms with Crippen molar-refractivity contribution in [2.24, 2.45) is 5.92 Å². The fraction of sp³-hybridized carbons (Fsp3) is 0.632. The van der Waals surface area contributed by atoms with Crippen LogP contribution < -0.4 is 10.1 Å². The summed E-state index contributed by atoms with van der Waals surface area (Å²) in [7, 11) is 1.66. The highest BCUT2D eigenvalue weighted by molar-refractivity contribution is 5.78. The largest absolute Gasteiger partial charge is 0.496 e. The summed E-state index contributed by atoms with van der Waals surface area (Å²) in [6.45, 7) is 8.60. The van der Waals surface area contributed by atoms with Gasteiger partial charge in [-0.1, -0.05) is 19.1 Å². The summed E-state index contributed by atoms with van der Waals surface area (Å²) in [4.78, 5) is 14.5. The molecule has 4 nitrogen and oxygen atoms in total. The number of nitrogens with one attached hydrogen (secondary N) is 1.